The van der Waals surface area contributed by atoms with Crippen molar-refractivity contribution in [3.8, 4) is 11.4 Å². The molecule has 2 aromatic heterocycles. The molecule has 2 heterocycles. The van der Waals surface area contributed by atoms with E-state index in [4.69, 9.17) is 4.42 Å². The number of rotatable bonds is 1. The van der Waals surface area contributed by atoms with Gasteiger partial charge < -0.3 is 4.42 Å². The summed E-state index contributed by atoms with van der Waals surface area (Å²) in [6.07, 6.45) is 1.86. The average molecular weight is 296 g/mol. The largest absolute Gasteiger partial charge is 0.438 e. The first-order valence-corrected chi connectivity index (χ1v) is 7.52. The highest BCUT2D eigenvalue weighted by atomic mass is 16.3. The van der Waals surface area contributed by atoms with Gasteiger partial charge in [-0.1, -0.05) is 60.7 Å². The Hall–Kier alpha value is -3.20. The number of furan rings is 1. The van der Waals surface area contributed by atoms with E-state index in [-0.39, 0.29) is 0 Å². The number of benzene rings is 3. The lowest BCUT2D eigenvalue weighted by atomic mass is 10.1. The molecule has 5 rings (SSSR count). The monoisotopic (exact) mass is 296 g/mol. The molecule has 0 bridgehead atoms. The van der Waals surface area contributed by atoms with Crippen molar-refractivity contribution in [3.05, 3.63) is 72.9 Å². The van der Waals surface area contributed by atoms with E-state index in [9.17, 15) is 0 Å². The molecule has 0 radical (unpaired) electrons. The highest BCUT2D eigenvalue weighted by molar-refractivity contribution is 6.17. The predicted molar refractivity (Wildman–Crippen MR) is 92.3 cm³/mol. The van der Waals surface area contributed by atoms with Crippen LogP contribution in [0.5, 0.6) is 0 Å². The van der Waals surface area contributed by atoms with Gasteiger partial charge in [-0.2, -0.15) is 4.98 Å². The predicted octanol–water partition coefficient (Wildman–Crippen LogP) is 5.20. The molecule has 5 aromatic rings. The van der Waals surface area contributed by atoms with Crippen LogP contribution in [0.4, 0.5) is 0 Å². The van der Waals surface area contributed by atoms with E-state index in [0.717, 1.165) is 21.9 Å². The maximum absolute atomic E-state index is 5.97. The van der Waals surface area contributed by atoms with Crippen LogP contribution in [0.3, 0.4) is 0 Å². The molecule has 0 aliphatic heterocycles. The van der Waals surface area contributed by atoms with Crippen molar-refractivity contribution in [2.24, 2.45) is 0 Å². The summed E-state index contributed by atoms with van der Waals surface area (Å²) in [6, 6.07) is 22.3. The minimum Gasteiger partial charge on any atom is -0.438 e. The van der Waals surface area contributed by atoms with Crippen LogP contribution < -0.4 is 0 Å². The molecule has 0 N–H and O–H groups in total. The summed E-state index contributed by atoms with van der Waals surface area (Å²) < 4.78 is 5.97. The molecule has 108 valence electrons. The maximum Gasteiger partial charge on any atom is 0.230 e. The highest BCUT2D eigenvalue weighted by Gasteiger charge is 2.13. The molecule has 0 fully saturated rings. The van der Waals surface area contributed by atoms with Crippen LogP contribution in [0.2, 0.25) is 0 Å². The molecule has 0 saturated heterocycles. The molecule has 0 aliphatic rings. The Morgan fingerprint density at radius 3 is 2.48 bits per heavy atom. The smallest absolute Gasteiger partial charge is 0.230 e. The van der Waals surface area contributed by atoms with E-state index >= 15 is 0 Å². The van der Waals surface area contributed by atoms with Crippen LogP contribution in [0, 0.1) is 0 Å². The van der Waals surface area contributed by atoms with Crippen LogP contribution in [0.1, 0.15) is 0 Å². The van der Waals surface area contributed by atoms with Gasteiger partial charge in [0.1, 0.15) is 5.58 Å². The van der Waals surface area contributed by atoms with Gasteiger partial charge in [-0.05, 0) is 16.8 Å². The molecule has 23 heavy (non-hydrogen) atoms. The lowest BCUT2D eigenvalue weighted by molar-refractivity contribution is 0.654. The molecule has 3 aromatic carbocycles. The third-order valence-electron chi connectivity index (χ3n) is 4.15. The van der Waals surface area contributed by atoms with Crippen molar-refractivity contribution in [2.45, 2.75) is 0 Å². The van der Waals surface area contributed by atoms with Crippen LogP contribution in [0.25, 0.3) is 44.2 Å². The SMILES string of the molecule is c1ccc(-c2ncc3c(n2)oc2ccc4ccccc4c23)cc1. The third-order valence-corrected chi connectivity index (χ3v) is 4.15. The van der Waals surface area contributed by atoms with Gasteiger partial charge in [0, 0.05) is 17.1 Å². The number of hydrogen-bond acceptors (Lipinski definition) is 3. The summed E-state index contributed by atoms with van der Waals surface area (Å²) >= 11 is 0. The molecular weight excluding hydrogens is 284 g/mol. The molecule has 3 nitrogen and oxygen atoms in total. The van der Waals surface area contributed by atoms with Gasteiger partial charge in [0.2, 0.25) is 5.71 Å². The maximum atomic E-state index is 5.97. The Morgan fingerprint density at radius 2 is 1.57 bits per heavy atom. The first kappa shape index (κ1) is 12.4. The zero-order chi connectivity index (χ0) is 15.2. The van der Waals surface area contributed by atoms with Gasteiger partial charge in [-0.25, -0.2) is 4.98 Å². The van der Waals surface area contributed by atoms with Gasteiger partial charge in [0.25, 0.3) is 0 Å². The summed E-state index contributed by atoms with van der Waals surface area (Å²) in [5.41, 5.74) is 2.46. The van der Waals surface area contributed by atoms with Crippen molar-refractivity contribution >= 4 is 32.8 Å². The minimum absolute atomic E-state index is 0.630. The van der Waals surface area contributed by atoms with Gasteiger partial charge in [-0.15, -0.1) is 0 Å². The van der Waals surface area contributed by atoms with E-state index in [1.165, 1.54) is 10.8 Å². The zero-order valence-corrected chi connectivity index (χ0v) is 12.2. The number of hydrogen-bond donors (Lipinski definition) is 0. The second-order valence-corrected chi connectivity index (χ2v) is 5.54. The van der Waals surface area contributed by atoms with Gasteiger partial charge >= 0.3 is 0 Å². The van der Waals surface area contributed by atoms with Gasteiger partial charge in [-0.3, -0.25) is 0 Å². The summed E-state index contributed by atoms with van der Waals surface area (Å²) in [7, 11) is 0. The average Bonchev–Trinajstić information content (AvgIpc) is 3.00. The van der Waals surface area contributed by atoms with Crippen molar-refractivity contribution in [3.63, 3.8) is 0 Å². The van der Waals surface area contributed by atoms with Crippen molar-refractivity contribution in [1.82, 2.24) is 9.97 Å². The number of nitrogens with zero attached hydrogens (tertiary/aromatic N) is 2. The molecule has 0 atom stereocenters. The van der Waals surface area contributed by atoms with Crippen molar-refractivity contribution < 1.29 is 4.42 Å². The summed E-state index contributed by atoms with van der Waals surface area (Å²) in [5.74, 6) is 0.682. The summed E-state index contributed by atoms with van der Waals surface area (Å²) in [6.45, 7) is 0. The van der Waals surface area contributed by atoms with E-state index in [2.05, 4.69) is 28.2 Å². The fourth-order valence-corrected chi connectivity index (χ4v) is 3.06. The first-order chi connectivity index (χ1) is 11.4. The normalized spacial score (nSPS) is 11.5. The lowest BCUT2D eigenvalue weighted by Crippen LogP contribution is -1.87. The molecule has 0 spiro atoms. The minimum atomic E-state index is 0.630. The molecule has 0 saturated carbocycles. The van der Waals surface area contributed by atoms with Crippen molar-refractivity contribution in [2.75, 3.05) is 0 Å². The molecule has 0 aliphatic carbocycles. The standard InChI is InChI=1S/C20H12N2O/c1-2-7-14(8-3-1)19-21-12-16-18-15-9-5-4-6-13(15)10-11-17(18)23-20(16)22-19/h1-12H. The Balaban J connectivity index is 1.85. The first-order valence-electron chi connectivity index (χ1n) is 7.52. The van der Waals surface area contributed by atoms with Crippen LogP contribution in [0.15, 0.2) is 77.3 Å². The van der Waals surface area contributed by atoms with Gasteiger partial charge in [0.15, 0.2) is 5.82 Å². The van der Waals surface area contributed by atoms with E-state index < -0.39 is 0 Å². The van der Waals surface area contributed by atoms with E-state index in [0.29, 0.717) is 11.5 Å². The van der Waals surface area contributed by atoms with Crippen LogP contribution in [-0.2, 0) is 0 Å². The fraction of sp³-hybridized carbons (Fsp3) is 0. The molecule has 3 heteroatoms. The Labute approximate surface area is 132 Å². The van der Waals surface area contributed by atoms with Crippen LogP contribution in [-0.4, -0.2) is 9.97 Å². The Kier molecular flexibility index (Phi) is 2.50. The Morgan fingerprint density at radius 1 is 0.739 bits per heavy atom. The number of aromatic nitrogens is 2. The molecule has 0 unspecified atom stereocenters. The van der Waals surface area contributed by atoms with E-state index in [1.54, 1.807) is 0 Å². The molecular formula is C20H12N2O. The highest BCUT2D eigenvalue weighted by Crippen LogP contribution is 2.34. The lowest BCUT2D eigenvalue weighted by Gasteiger charge is -1.99. The van der Waals surface area contributed by atoms with Gasteiger partial charge in [0.05, 0.1) is 5.39 Å². The third kappa shape index (κ3) is 1.83. The molecule has 0 amide bonds. The quantitative estimate of drug-likeness (QED) is 0.427. The zero-order valence-electron chi connectivity index (χ0n) is 12.2. The van der Waals surface area contributed by atoms with Crippen molar-refractivity contribution in [1.29, 1.82) is 0 Å². The fourth-order valence-electron chi connectivity index (χ4n) is 3.06. The summed E-state index contributed by atoms with van der Waals surface area (Å²) in [4.78, 5) is 9.15. The summed E-state index contributed by atoms with van der Waals surface area (Å²) in [5, 5.41) is 4.39. The number of fused-ring (bicyclic) bond motifs is 5. The second kappa shape index (κ2) is 4.65. The second-order valence-electron chi connectivity index (χ2n) is 5.54. The Bertz CT molecular complexity index is 1160. The van der Waals surface area contributed by atoms with Crippen LogP contribution >= 0.6 is 0 Å². The van der Waals surface area contributed by atoms with E-state index in [1.807, 2.05) is 54.7 Å². The topological polar surface area (TPSA) is 38.9 Å².